The van der Waals surface area contributed by atoms with E-state index in [0.29, 0.717) is 5.92 Å². The Kier molecular flexibility index (Phi) is 10.1. The summed E-state index contributed by atoms with van der Waals surface area (Å²) >= 11 is 0. The lowest BCUT2D eigenvalue weighted by molar-refractivity contribution is -0.192. The summed E-state index contributed by atoms with van der Waals surface area (Å²) in [6, 6.07) is 18.8. The van der Waals surface area contributed by atoms with Crippen molar-refractivity contribution in [1.82, 2.24) is 10.6 Å². The molecule has 184 valence electrons. The van der Waals surface area contributed by atoms with Gasteiger partial charge >= 0.3 is 18.1 Å². The van der Waals surface area contributed by atoms with E-state index in [4.69, 9.17) is 14.6 Å². The van der Waals surface area contributed by atoms with E-state index < -0.39 is 24.2 Å². The maximum Gasteiger partial charge on any atom is 0.490 e. The van der Waals surface area contributed by atoms with Gasteiger partial charge in [0.05, 0.1) is 6.04 Å². The molecule has 1 heterocycles. The van der Waals surface area contributed by atoms with Gasteiger partial charge < -0.3 is 20.5 Å². The average molecular weight is 480 g/mol. The molecule has 10 heteroatoms. The molecule has 1 aliphatic heterocycles. The summed E-state index contributed by atoms with van der Waals surface area (Å²) in [7, 11) is 0. The van der Waals surface area contributed by atoms with Gasteiger partial charge in [0, 0.05) is 0 Å². The molecule has 3 rings (SSSR count). The molecule has 0 aromatic heterocycles. The Hall–Kier alpha value is -3.40. The highest BCUT2D eigenvalue weighted by molar-refractivity contribution is 5.87. The third-order valence-electron chi connectivity index (χ3n) is 5.17. The topological polar surface area (TPSA) is 105 Å². The molecule has 0 unspecified atom stereocenters. The van der Waals surface area contributed by atoms with Crippen molar-refractivity contribution in [3.8, 4) is 0 Å². The van der Waals surface area contributed by atoms with Gasteiger partial charge in [0.2, 0.25) is 5.91 Å². The van der Waals surface area contributed by atoms with Crippen LogP contribution in [0.1, 0.15) is 36.8 Å². The second-order valence-corrected chi connectivity index (χ2v) is 7.77. The van der Waals surface area contributed by atoms with Crippen LogP contribution in [-0.2, 0) is 25.7 Å². The van der Waals surface area contributed by atoms with Crippen LogP contribution in [0, 0.1) is 0 Å². The van der Waals surface area contributed by atoms with Crippen LogP contribution in [0.15, 0.2) is 60.7 Å². The lowest BCUT2D eigenvalue weighted by atomic mass is 9.86. The lowest BCUT2D eigenvalue weighted by Crippen LogP contribution is -2.52. The Balaban J connectivity index is 0.000000509. The van der Waals surface area contributed by atoms with Crippen molar-refractivity contribution in [3.05, 3.63) is 71.8 Å². The van der Waals surface area contributed by atoms with E-state index in [1.807, 2.05) is 48.5 Å². The molecule has 1 amide bonds. The molecule has 0 aliphatic carbocycles. The summed E-state index contributed by atoms with van der Waals surface area (Å²) in [5, 5.41) is 13.2. The molecule has 7 nitrogen and oxygen atoms in total. The smallest absolute Gasteiger partial charge is 0.475 e. The number of rotatable bonds is 6. The Morgan fingerprint density at radius 2 is 1.65 bits per heavy atom. The molecule has 0 saturated carbocycles. The van der Waals surface area contributed by atoms with Gasteiger partial charge in [0.1, 0.15) is 12.6 Å². The number of esters is 1. The van der Waals surface area contributed by atoms with Gasteiger partial charge in [-0.3, -0.25) is 4.79 Å². The van der Waals surface area contributed by atoms with E-state index in [-0.39, 0.29) is 18.6 Å². The largest absolute Gasteiger partial charge is 0.490 e. The summed E-state index contributed by atoms with van der Waals surface area (Å²) < 4.78 is 37.0. The quantitative estimate of drug-likeness (QED) is 0.548. The van der Waals surface area contributed by atoms with Crippen LogP contribution in [-0.4, -0.2) is 47.8 Å². The highest BCUT2D eigenvalue weighted by Gasteiger charge is 2.38. The molecular formula is C24H27F3N2O5. The molecule has 0 radical (unpaired) electrons. The summed E-state index contributed by atoms with van der Waals surface area (Å²) in [6.45, 7) is 2.64. The summed E-state index contributed by atoms with van der Waals surface area (Å²) in [5.74, 6) is -2.99. The van der Waals surface area contributed by atoms with Crippen LogP contribution in [0.3, 0.4) is 0 Å². The molecular weight excluding hydrogens is 453 g/mol. The van der Waals surface area contributed by atoms with Crippen molar-refractivity contribution in [3.63, 3.8) is 0 Å². The number of halogens is 3. The predicted octanol–water partition coefficient (Wildman–Crippen LogP) is 3.40. The predicted molar refractivity (Wildman–Crippen MR) is 118 cm³/mol. The van der Waals surface area contributed by atoms with E-state index in [9.17, 15) is 22.8 Å². The molecule has 3 atom stereocenters. The van der Waals surface area contributed by atoms with Gasteiger partial charge in [-0.25, -0.2) is 9.59 Å². The SMILES string of the molecule is C[C@H](NC(=O)[C@H]1C[C@@H](c2ccccc2)CCN1)C(=O)OCc1ccccc1.O=C(O)C(F)(F)F. The molecule has 0 bridgehead atoms. The number of carboxylic acid groups (broad SMARTS) is 1. The number of carbonyl (C=O) groups excluding carboxylic acids is 2. The highest BCUT2D eigenvalue weighted by Crippen LogP contribution is 2.27. The monoisotopic (exact) mass is 480 g/mol. The van der Waals surface area contributed by atoms with Crippen LogP contribution in [0.25, 0.3) is 0 Å². The third kappa shape index (κ3) is 8.86. The Bertz CT molecular complexity index is 939. The Morgan fingerprint density at radius 3 is 2.21 bits per heavy atom. The Morgan fingerprint density at radius 1 is 1.09 bits per heavy atom. The fourth-order valence-electron chi connectivity index (χ4n) is 3.37. The van der Waals surface area contributed by atoms with Crippen molar-refractivity contribution in [2.24, 2.45) is 0 Å². The first-order chi connectivity index (χ1) is 16.1. The van der Waals surface area contributed by atoms with Crippen molar-refractivity contribution in [1.29, 1.82) is 0 Å². The minimum atomic E-state index is -5.08. The molecule has 34 heavy (non-hydrogen) atoms. The number of ether oxygens (including phenoxy) is 1. The first kappa shape index (κ1) is 26.8. The van der Waals surface area contributed by atoms with Gasteiger partial charge in [0.15, 0.2) is 0 Å². The average Bonchev–Trinajstić information content (AvgIpc) is 2.83. The standard InChI is InChI=1S/C22H26N2O3.C2HF3O2/c1-16(22(26)27-15-17-8-4-2-5-9-17)24-21(25)20-14-19(12-13-23-20)18-10-6-3-7-11-18;3-2(4,5)1(6)7/h2-11,16,19-20,23H,12-15H2,1H3,(H,24,25);(H,6,7)/t16-,19-,20+;/m0./s1. The summed E-state index contributed by atoms with van der Waals surface area (Å²) in [5.41, 5.74) is 2.18. The van der Waals surface area contributed by atoms with Gasteiger partial charge in [0.25, 0.3) is 0 Å². The van der Waals surface area contributed by atoms with Crippen molar-refractivity contribution < 1.29 is 37.4 Å². The van der Waals surface area contributed by atoms with Crippen LogP contribution in [0.5, 0.6) is 0 Å². The first-order valence-corrected chi connectivity index (χ1v) is 10.7. The van der Waals surface area contributed by atoms with Crippen molar-refractivity contribution in [2.75, 3.05) is 6.54 Å². The summed E-state index contributed by atoms with van der Waals surface area (Å²) in [4.78, 5) is 33.6. The number of carbonyl (C=O) groups is 3. The summed E-state index contributed by atoms with van der Waals surface area (Å²) in [6.07, 6.45) is -3.36. The second-order valence-electron chi connectivity index (χ2n) is 7.77. The van der Waals surface area contributed by atoms with Crippen molar-refractivity contribution in [2.45, 2.75) is 50.6 Å². The second kappa shape index (κ2) is 12.7. The molecule has 0 spiro atoms. The first-order valence-electron chi connectivity index (χ1n) is 10.7. The molecule has 3 N–H and O–H groups in total. The molecule has 1 fully saturated rings. The number of hydrogen-bond acceptors (Lipinski definition) is 5. The number of hydrogen-bond donors (Lipinski definition) is 3. The van der Waals surface area contributed by atoms with Crippen LogP contribution in [0.2, 0.25) is 0 Å². The van der Waals surface area contributed by atoms with E-state index in [1.54, 1.807) is 6.92 Å². The maximum absolute atomic E-state index is 12.6. The minimum Gasteiger partial charge on any atom is -0.475 e. The van der Waals surface area contributed by atoms with E-state index >= 15 is 0 Å². The lowest BCUT2D eigenvalue weighted by Gasteiger charge is -2.30. The number of carboxylic acids is 1. The number of piperidine rings is 1. The minimum absolute atomic E-state index is 0.153. The molecule has 2 aromatic rings. The molecule has 2 aromatic carbocycles. The van der Waals surface area contributed by atoms with Gasteiger partial charge in [-0.15, -0.1) is 0 Å². The Labute approximate surface area is 195 Å². The zero-order valence-corrected chi connectivity index (χ0v) is 18.5. The number of alkyl halides is 3. The zero-order chi connectivity index (χ0) is 25.1. The van der Waals surface area contributed by atoms with E-state index in [2.05, 4.69) is 22.8 Å². The zero-order valence-electron chi connectivity index (χ0n) is 18.5. The van der Waals surface area contributed by atoms with Crippen LogP contribution >= 0.6 is 0 Å². The third-order valence-corrected chi connectivity index (χ3v) is 5.17. The van der Waals surface area contributed by atoms with Crippen LogP contribution < -0.4 is 10.6 Å². The van der Waals surface area contributed by atoms with Gasteiger partial charge in [-0.1, -0.05) is 60.7 Å². The number of nitrogens with one attached hydrogen (secondary N) is 2. The highest BCUT2D eigenvalue weighted by atomic mass is 19.4. The van der Waals surface area contributed by atoms with Crippen LogP contribution in [0.4, 0.5) is 13.2 Å². The van der Waals surface area contributed by atoms with E-state index in [0.717, 1.165) is 24.9 Å². The van der Waals surface area contributed by atoms with Crippen molar-refractivity contribution >= 4 is 17.8 Å². The van der Waals surface area contributed by atoms with E-state index in [1.165, 1.54) is 5.56 Å². The number of amides is 1. The fraction of sp³-hybridized carbons (Fsp3) is 0.375. The fourth-order valence-corrected chi connectivity index (χ4v) is 3.37. The molecule has 1 aliphatic rings. The molecule has 1 saturated heterocycles. The normalized spacial score (nSPS) is 18.6. The number of aliphatic carboxylic acids is 1. The van der Waals surface area contributed by atoms with Gasteiger partial charge in [-0.2, -0.15) is 13.2 Å². The van der Waals surface area contributed by atoms with Gasteiger partial charge in [-0.05, 0) is 43.4 Å². The number of benzene rings is 2. The maximum atomic E-state index is 12.6.